The smallest absolute Gasteiger partial charge is 0.412 e. The van der Waals surface area contributed by atoms with Gasteiger partial charge in [0, 0.05) is 11.3 Å². The standard InChI is InChI=1S/C12H15BrFNO2/c1-7-9(6-5-8(13)10(7)14)15-11(16)17-12(2,3)4/h5-6H,1-4H3,(H,15,16). The summed E-state index contributed by atoms with van der Waals surface area (Å²) >= 11 is 3.08. The van der Waals surface area contributed by atoms with E-state index in [0.717, 1.165) is 0 Å². The minimum atomic E-state index is -0.595. The van der Waals surface area contributed by atoms with Gasteiger partial charge in [0.1, 0.15) is 11.4 Å². The van der Waals surface area contributed by atoms with Crippen molar-refractivity contribution in [3.05, 3.63) is 28.0 Å². The highest BCUT2D eigenvalue weighted by Crippen LogP contribution is 2.25. The maximum atomic E-state index is 13.5. The van der Waals surface area contributed by atoms with E-state index >= 15 is 0 Å². The van der Waals surface area contributed by atoms with Crippen LogP contribution in [0, 0.1) is 12.7 Å². The molecule has 17 heavy (non-hydrogen) atoms. The molecule has 1 N–H and O–H groups in total. The van der Waals surface area contributed by atoms with Crippen LogP contribution in [0.25, 0.3) is 0 Å². The highest BCUT2D eigenvalue weighted by Gasteiger charge is 2.17. The van der Waals surface area contributed by atoms with Crippen molar-refractivity contribution in [1.82, 2.24) is 0 Å². The van der Waals surface area contributed by atoms with Gasteiger partial charge in [-0.3, -0.25) is 5.32 Å². The predicted octanol–water partition coefficient (Wildman–Crippen LogP) is 4.24. The van der Waals surface area contributed by atoms with Gasteiger partial charge in [0.15, 0.2) is 0 Å². The quantitative estimate of drug-likeness (QED) is 0.842. The highest BCUT2D eigenvalue weighted by atomic mass is 79.9. The molecule has 0 bridgehead atoms. The van der Waals surface area contributed by atoms with Gasteiger partial charge in [-0.2, -0.15) is 0 Å². The van der Waals surface area contributed by atoms with Crippen LogP contribution < -0.4 is 5.32 Å². The number of carbonyl (C=O) groups excluding carboxylic acids is 1. The first-order valence-corrected chi connectivity index (χ1v) is 5.94. The van der Waals surface area contributed by atoms with E-state index in [1.165, 1.54) is 6.07 Å². The van der Waals surface area contributed by atoms with Crippen LogP contribution in [0.3, 0.4) is 0 Å². The van der Waals surface area contributed by atoms with Crippen molar-refractivity contribution in [2.45, 2.75) is 33.3 Å². The molecule has 0 saturated carbocycles. The van der Waals surface area contributed by atoms with Crippen molar-refractivity contribution in [2.24, 2.45) is 0 Å². The molecule has 0 heterocycles. The SMILES string of the molecule is Cc1c(NC(=O)OC(C)(C)C)ccc(Br)c1F. The molecule has 0 fully saturated rings. The lowest BCUT2D eigenvalue weighted by atomic mass is 10.2. The van der Waals surface area contributed by atoms with Crippen LogP contribution in [-0.4, -0.2) is 11.7 Å². The second kappa shape index (κ2) is 5.04. The number of nitrogens with one attached hydrogen (secondary N) is 1. The number of amides is 1. The molecule has 1 aromatic carbocycles. The minimum Gasteiger partial charge on any atom is -0.444 e. The summed E-state index contributed by atoms with van der Waals surface area (Å²) in [5.74, 6) is -0.390. The van der Waals surface area contributed by atoms with E-state index in [-0.39, 0.29) is 0 Å². The normalized spacial score (nSPS) is 11.2. The van der Waals surface area contributed by atoms with Gasteiger partial charge >= 0.3 is 6.09 Å². The van der Waals surface area contributed by atoms with E-state index in [2.05, 4.69) is 21.2 Å². The zero-order valence-electron chi connectivity index (χ0n) is 10.2. The summed E-state index contributed by atoms with van der Waals surface area (Å²) in [6.45, 7) is 6.89. The van der Waals surface area contributed by atoms with Crippen LogP contribution in [0.2, 0.25) is 0 Å². The first-order valence-electron chi connectivity index (χ1n) is 5.15. The number of rotatable bonds is 1. The Hall–Kier alpha value is -1.10. The van der Waals surface area contributed by atoms with Crippen molar-refractivity contribution in [3.8, 4) is 0 Å². The molecule has 94 valence electrons. The van der Waals surface area contributed by atoms with Crippen LogP contribution >= 0.6 is 15.9 Å². The first kappa shape index (κ1) is 14.0. The zero-order valence-corrected chi connectivity index (χ0v) is 11.8. The highest BCUT2D eigenvalue weighted by molar-refractivity contribution is 9.10. The Kier molecular flexibility index (Phi) is 4.14. The first-order chi connectivity index (χ1) is 7.70. The summed E-state index contributed by atoms with van der Waals surface area (Å²) in [7, 11) is 0. The molecule has 0 aromatic heterocycles. The second-order valence-electron chi connectivity index (χ2n) is 4.66. The number of halogens is 2. The average molecular weight is 304 g/mol. The Labute approximate surface area is 108 Å². The van der Waals surface area contributed by atoms with E-state index in [1.807, 2.05) is 0 Å². The summed E-state index contributed by atoms with van der Waals surface area (Å²) in [4.78, 5) is 11.5. The monoisotopic (exact) mass is 303 g/mol. The van der Waals surface area contributed by atoms with E-state index in [9.17, 15) is 9.18 Å². The van der Waals surface area contributed by atoms with E-state index in [1.54, 1.807) is 33.8 Å². The van der Waals surface area contributed by atoms with E-state index in [4.69, 9.17) is 4.74 Å². The lowest BCUT2D eigenvalue weighted by molar-refractivity contribution is 0.0636. The van der Waals surface area contributed by atoms with Gasteiger partial charge < -0.3 is 4.74 Å². The van der Waals surface area contributed by atoms with E-state index in [0.29, 0.717) is 15.7 Å². The van der Waals surface area contributed by atoms with Gasteiger partial charge in [0.25, 0.3) is 0 Å². The fourth-order valence-electron chi connectivity index (χ4n) is 1.20. The van der Waals surface area contributed by atoms with Crippen molar-refractivity contribution in [2.75, 3.05) is 5.32 Å². The molecule has 0 aliphatic rings. The molecule has 5 heteroatoms. The number of benzene rings is 1. The Morgan fingerprint density at radius 1 is 1.41 bits per heavy atom. The molecule has 0 radical (unpaired) electrons. The fraction of sp³-hybridized carbons (Fsp3) is 0.417. The van der Waals surface area contributed by atoms with E-state index < -0.39 is 17.5 Å². The molecule has 1 aromatic rings. The van der Waals surface area contributed by atoms with Crippen LogP contribution in [-0.2, 0) is 4.74 Å². The van der Waals surface area contributed by atoms with Gasteiger partial charge in [-0.25, -0.2) is 9.18 Å². The van der Waals surface area contributed by atoms with Crippen LogP contribution in [0.15, 0.2) is 16.6 Å². The molecule has 3 nitrogen and oxygen atoms in total. The Morgan fingerprint density at radius 3 is 2.53 bits per heavy atom. The third kappa shape index (κ3) is 4.00. The largest absolute Gasteiger partial charge is 0.444 e. The molecular weight excluding hydrogens is 289 g/mol. The zero-order chi connectivity index (χ0) is 13.2. The average Bonchev–Trinajstić information content (AvgIpc) is 2.16. The van der Waals surface area contributed by atoms with Crippen molar-refractivity contribution < 1.29 is 13.9 Å². The lowest BCUT2D eigenvalue weighted by Crippen LogP contribution is -2.27. The number of carbonyl (C=O) groups is 1. The molecule has 0 spiro atoms. The Morgan fingerprint density at radius 2 is 2.00 bits per heavy atom. The number of hydrogen-bond donors (Lipinski definition) is 1. The third-order valence-electron chi connectivity index (χ3n) is 1.97. The van der Waals surface area contributed by atoms with Gasteiger partial charge in [-0.15, -0.1) is 0 Å². The van der Waals surface area contributed by atoms with Crippen LogP contribution in [0.5, 0.6) is 0 Å². The summed E-state index contributed by atoms with van der Waals surface area (Å²) in [5, 5.41) is 2.51. The Balaban J connectivity index is 2.83. The summed E-state index contributed by atoms with van der Waals surface area (Å²) in [6.07, 6.45) is -0.595. The maximum absolute atomic E-state index is 13.5. The molecule has 0 atom stereocenters. The molecule has 0 aliphatic heterocycles. The number of ether oxygens (including phenoxy) is 1. The summed E-state index contributed by atoms with van der Waals surface area (Å²) in [6, 6.07) is 3.15. The molecule has 1 rings (SSSR count). The van der Waals surface area contributed by atoms with Crippen LogP contribution in [0.4, 0.5) is 14.9 Å². The van der Waals surface area contributed by atoms with Gasteiger partial charge in [-0.05, 0) is 55.8 Å². The third-order valence-corrected chi connectivity index (χ3v) is 2.59. The number of hydrogen-bond acceptors (Lipinski definition) is 2. The van der Waals surface area contributed by atoms with Crippen molar-refractivity contribution in [1.29, 1.82) is 0 Å². The van der Waals surface area contributed by atoms with Gasteiger partial charge in [0.05, 0.1) is 4.47 Å². The molecule has 1 amide bonds. The van der Waals surface area contributed by atoms with Crippen molar-refractivity contribution >= 4 is 27.7 Å². The van der Waals surface area contributed by atoms with Crippen LogP contribution in [0.1, 0.15) is 26.3 Å². The van der Waals surface area contributed by atoms with Gasteiger partial charge in [0.2, 0.25) is 0 Å². The predicted molar refractivity (Wildman–Crippen MR) is 68.7 cm³/mol. The second-order valence-corrected chi connectivity index (χ2v) is 5.52. The molecular formula is C12H15BrFNO2. The Bertz CT molecular complexity index is 441. The lowest BCUT2D eigenvalue weighted by Gasteiger charge is -2.20. The van der Waals surface area contributed by atoms with Crippen molar-refractivity contribution in [3.63, 3.8) is 0 Å². The topological polar surface area (TPSA) is 38.3 Å². The number of anilines is 1. The molecule has 0 saturated heterocycles. The minimum absolute atomic E-state index is 0.365. The van der Waals surface area contributed by atoms with Gasteiger partial charge in [-0.1, -0.05) is 0 Å². The maximum Gasteiger partial charge on any atom is 0.412 e. The summed E-state index contributed by atoms with van der Waals surface area (Å²) in [5.41, 5.74) is 0.191. The molecule has 0 aliphatic carbocycles. The molecule has 0 unspecified atom stereocenters. The fourth-order valence-corrected chi connectivity index (χ4v) is 1.63. The summed E-state index contributed by atoms with van der Waals surface area (Å²) < 4.78 is 19.0.